The number of halogens is 1. The maximum absolute atomic E-state index is 8.49. The molecule has 0 aromatic rings. The molecule has 0 radical (unpaired) electrons. The quantitative estimate of drug-likeness (QED) is 0.0810. The van der Waals surface area contributed by atoms with Crippen LogP contribution in [0.15, 0.2) is 5.10 Å². The number of rotatable bonds is 0. The van der Waals surface area contributed by atoms with Gasteiger partial charge in [0.25, 0.3) is 5.09 Å². The maximum Gasteiger partial charge on any atom is 1.00 e. The summed E-state index contributed by atoms with van der Waals surface area (Å²) in [6.45, 7) is 0. The summed E-state index contributed by atoms with van der Waals surface area (Å²) in [4.78, 5) is 8.36. The van der Waals surface area contributed by atoms with E-state index in [1.165, 1.54) is 0 Å². The van der Waals surface area contributed by atoms with Crippen molar-refractivity contribution in [1.29, 1.82) is 0 Å². The number of hydrogen-bond donors (Lipinski definition) is 4. The van der Waals surface area contributed by atoms with Crippen LogP contribution >= 0.6 is 0 Å². The molecule has 15 heavy (non-hydrogen) atoms. The summed E-state index contributed by atoms with van der Waals surface area (Å²) in [6.07, 6.45) is 0. The average molecular weight is 276 g/mol. The van der Waals surface area contributed by atoms with E-state index < -0.39 is 15.3 Å². The largest absolute Gasteiger partial charge is 1.00 e. The van der Waals surface area contributed by atoms with E-state index >= 15 is 0 Å². The third kappa shape index (κ3) is 490. The van der Waals surface area contributed by atoms with Gasteiger partial charge in [-0.2, -0.15) is 0 Å². The zero-order valence-corrected chi connectivity index (χ0v) is 11.3. The van der Waals surface area contributed by atoms with Crippen molar-refractivity contribution in [2.75, 3.05) is 0 Å². The van der Waals surface area contributed by atoms with Crippen LogP contribution in [-0.4, -0.2) is 16.3 Å². The molecule has 0 heterocycles. The topological polar surface area (TPSA) is 246 Å². The zero-order valence-electron chi connectivity index (χ0n) is 7.40. The summed E-state index contributed by atoms with van der Waals surface area (Å²) in [6, 6.07) is 0. The van der Waals surface area contributed by atoms with Gasteiger partial charge in [-0.3, -0.25) is 0 Å². The summed E-state index contributed by atoms with van der Waals surface area (Å²) >= 11 is 0. The van der Waals surface area contributed by atoms with Gasteiger partial charge >= 0.3 is 51.4 Å². The molecule has 0 rings (SSSR count). The summed E-state index contributed by atoms with van der Waals surface area (Å²) in [7, 11) is -4.94. The van der Waals surface area contributed by atoms with E-state index in [2.05, 4.69) is 10.9 Å². The molecule has 0 amide bonds. The molecule has 0 spiro atoms. The third-order valence-electron chi connectivity index (χ3n) is 0.149. The van der Waals surface area contributed by atoms with Crippen molar-refractivity contribution in [3.05, 3.63) is 10.1 Å². The molecule has 0 bridgehead atoms. The second kappa shape index (κ2) is 14.0. The molecule has 0 atom stereocenters. The van der Waals surface area contributed by atoms with Crippen molar-refractivity contribution in [1.82, 2.24) is 0 Å². The molecule has 14 heteroatoms. The van der Waals surface area contributed by atoms with Gasteiger partial charge in [-0.25, -0.2) is 18.6 Å². The fraction of sp³-hybridized carbons (Fsp3) is 0. The predicted molar refractivity (Wildman–Crippen MR) is 28.8 cm³/mol. The SMILES string of the molecule is NN=C(N)N.O=[N+]([O-])O.[K+].[O-][Cl+3]([O-])([O-])[O-]. The second-order valence-corrected chi connectivity index (χ2v) is 1.93. The fourth-order valence-corrected chi connectivity index (χ4v) is 0. The molecule has 0 saturated carbocycles. The number of nitrogens with two attached hydrogens (primary N) is 3. The van der Waals surface area contributed by atoms with E-state index in [0.717, 1.165) is 0 Å². The van der Waals surface area contributed by atoms with Crippen molar-refractivity contribution in [3.63, 3.8) is 0 Å². The number of hydrazone groups is 1. The summed E-state index contributed by atoms with van der Waals surface area (Å²) in [5.41, 5.74) is 9.39. The third-order valence-corrected chi connectivity index (χ3v) is 0.149. The Kier molecular flexibility index (Phi) is 22.8. The molecule has 0 aliphatic carbocycles. The Morgan fingerprint density at radius 3 is 1.33 bits per heavy atom. The average Bonchev–Trinajstić information content (AvgIpc) is 1.82. The van der Waals surface area contributed by atoms with Crippen LogP contribution < -0.4 is 87.3 Å². The van der Waals surface area contributed by atoms with Crippen molar-refractivity contribution in [3.8, 4) is 0 Å². The normalized spacial score (nSPS) is 7.73. The Hall–Kier alpha value is 0.0364. The summed E-state index contributed by atoms with van der Waals surface area (Å²) in [5, 5.41) is 16.5. The van der Waals surface area contributed by atoms with Crippen molar-refractivity contribution >= 4 is 5.96 Å². The molecule has 0 aromatic carbocycles. The smallest absolute Gasteiger partial charge is 0.369 e. The van der Waals surface area contributed by atoms with Gasteiger partial charge in [-0.05, 0) is 0 Å². The van der Waals surface area contributed by atoms with Gasteiger partial charge in [0.2, 0.25) is 5.96 Å². The molecule has 86 valence electrons. The first-order valence-electron chi connectivity index (χ1n) is 2.24. The Labute approximate surface area is 128 Å². The minimum absolute atomic E-state index is 0. The maximum atomic E-state index is 8.49. The molecule has 0 fully saturated rings. The first-order chi connectivity index (χ1) is 6.00. The minimum Gasteiger partial charge on any atom is -0.369 e. The van der Waals surface area contributed by atoms with Gasteiger partial charge < -0.3 is 22.5 Å². The monoisotopic (exact) mass is 275 g/mol. The molecule has 0 aliphatic rings. The Balaban J connectivity index is -0.0000000590. The zero-order chi connectivity index (χ0) is 12.4. The summed E-state index contributed by atoms with van der Waals surface area (Å²) < 4.78 is 34.0. The first-order valence-corrected chi connectivity index (χ1v) is 3.48. The van der Waals surface area contributed by atoms with E-state index in [1.54, 1.807) is 0 Å². The van der Waals surface area contributed by atoms with E-state index in [9.17, 15) is 0 Å². The van der Waals surface area contributed by atoms with Crippen molar-refractivity contribution in [2.24, 2.45) is 22.4 Å². The first kappa shape index (κ1) is 24.3. The molecule has 0 aromatic heterocycles. The van der Waals surface area contributed by atoms with Crippen LogP contribution in [0.1, 0.15) is 0 Å². The van der Waals surface area contributed by atoms with Gasteiger partial charge in [0.15, 0.2) is 0 Å². The van der Waals surface area contributed by atoms with E-state index in [1.807, 2.05) is 0 Å². The van der Waals surface area contributed by atoms with Gasteiger partial charge in [0, 0.05) is 0 Å². The Bertz CT molecular complexity index is 167. The molecule has 7 N–H and O–H groups in total. The molecular formula is CH7ClKN5O7. The van der Waals surface area contributed by atoms with E-state index in [-0.39, 0.29) is 57.3 Å². The van der Waals surface area contributed by atoms with Crippen LogP contribution in [-0.2, 0) is 0 Å². The second-order valence-electron chi connectivity index (χ2n) is 1.17. The number of guanidine groups is 1. The van der Waals surface area contributed by atoms with Crippen LogP contribution in [0, 0.1) is 20.4 Å². The fourth-order valence-electron chi connectivity index (χ4n) is 0. The van der Waals surface area contributed by atoms with Crippen LogP contribution in [0.5, 0.6) is 0 Å². The van der Waals surface area contributed by atoms with E-state index in [4.69, 9.17) is 45.4 Å². The van der Waals surface area contributed by atoms with Gasteiger partial charge in [0.1, 0.15) is 0 Å². The molecule has 0 saturated heterocycles. The number of hydrogen-bond acceptors (Lipinski definition) is 8. The van der Waals surface area contributed by atoms with Crippen LogP contribution in [0.25, 0.3) is 0 Å². The minimum atomic E-state index is -4.94. The number of nitrogens with zero attached hydrogens (tertiary/aromatic N) is 2. The van der Waals surface area contributed by atoms with E-state index in [0.29, 0.717) is 0 Å². The summed E-state index contributed by atoms with van der Waals surface area (Å²) in [5.74, 6) is 4.42. The molecular weight excluding hydrogens is 269 g/mol. The molecule has 0 aliphatic heterocycles. The van der Waals surface area contributed by atoms with Gasteiger partial charge in [0.05, 0.1) is 0 Å². The van der Waals surface area contributed by atoms with Crippen molar-refractivity contribution < 1.29 is 90.6 Å². The van der Waals surface area contributed by atoms with Crippen LogP contribution in [0.4, 0.5) is 0 Å². The predicted octanol–water partition coefficient (Wildman–Crippen LogP) is -9.97. The Morgan fingerprint density at radius 1 is 1.27 bits per heavy atom. The standard InChI is InChI=1S/CH6N4.ClHO4.K.HNO3/c2-1(3)5-4;2-1(3,4)5;;2-1(3)4/h4H2,(H4,2,3,5);(H,2,3,4,5);;(H,2,3,4)/q;;+1;/p-1. The molecule has 12 nitrogen and oxygen atoms in total. The van der Waals surface area contributed by atoms with Crippen LogP contribution in [0.2, 0.25) is 0 Å². The Morgan fingerprint density at radius 2 is 1.33 bits per heavy atom. The van der Waals surface area contributed by atoms with Gasteiger partial charge in [-0.15, -0.1) is 25.5 Å². The molecule has 0 unspecified atom stereocenters. The van der Waals surface area contributed by atoms with Gasteiger partial charge in [-0.1, -0.05) is 0 Å². The van der Waals surface area contributed by atoms with Crippen molar-refractivity contribution in [2.45, 2.75) is 0 Å². The van der Waals surface area contributed by atoms with Crippen LogP contribution in [0.3, 0.4) is 0 Å².